The van der Waals surface area contributed by atoms with E-state index in [2.05, 4.69) is 13.8 Å². The minimum absolute atomic E-state index is 0. The van der Waals surface area contributed by atoms with Crippen molar-refractivity contribution < 1.29 is 14.3 Å². The van der Waals surface area contributed by atoms with Crippen LogP contribution in [0, 0.1) is 5.92 Å². The first-order valence-electron chi connectivity index (χ1n) is 6.76. The van der Waals surface area contributed by atoms with Crippen LogP contribution in [0.4, 0.5) is 0 Å². The first-order chi connectivity index (χ1) is 8.95. The summed E-state index contributed by atoms with van der Waals surface area (Å²) in [5.41, 5.74) is 5.90. The number of halogens is 1. The average Bonchev–Trinajstić information content (AvgIpc) is 2.37. The molecule has 0 spiro atoms. The van der Waals surface area contributed by atoms with Gasteiger partial charge in [-0.15, -0.1) is 12.4 Å². The number of amides is 2. The van der Waals surface area contributed by atoms with Gasteiger partial charge in [0.15, 0.2) is 0 Å². The molecule has 1 saturated heterocycles. The zero-order chi connectivity index (χ0) is 14.4. The summed E-state index contributed by atoms with van der Waals surface area (Å²) in [4.78, 5) is 27.2. The highest BCUT2D eigenvalue weighted by atomic mass is 35.5. The predicted octanol–water partition coefficient (Wildman–Crippen LogP) is 0.0988. The summed E-state index contributed by atoms with van der Waals surface area (Å²) in [6, 6.07) is -0.429. The Hall–Kier alpha value is -0.850. The highest BCUT2D eigenvalue weighted by Gasteiger charge is 2.27. The van der Waals surface area contributed by atoms with Crippen molar-refractivity contribution in [3.63, 3.8) is 0 Å². The third kappa shape index (κ3) is 5.64. The van der Waals surface area contributed by atoms with E-state index in [1.54, 1.807) is 9.80 Å². The Kier molecular flexibility index (Phi) is 8.76. The van der Waals surface area contributed by atoms with Gasteiger partial charge in [-0.3, -0.25) is 9.59 Å². The average molecular weight is 308 g/mol. The number of hydrogen-bond donors (Lipinski definition) is 1. The van der Waals surface area contributed by atoms with Gasteiger partial charge >= 0.3 is 0 Å². The predicted molar refractivity (Wildman–Crippen MR) is 79.7 cm³/mol. The second kappa shape index (κ2) is 9.15. The topological polar surface area (TPSA) is 75.9 Å². The number of nitrogens with zero attached hydrogens (tertiary/aromatic N) is 2. The SMILES string of the molecule is COCC(=O)N1CCN(C(=O)[C@@H](N)CC(C)C)CC1.Cl. The van der Waals surface area contributed by atoms with Crippen molar-refractivity contribution in [2.75, 3.05) is 39.9 Å². The molecule has 118 valence electrons. The van der Waals surface area contributed by atoms with E-state index in [1.807, 2.05) is 0 Å². The zero-order valence-corrected chi connectivity index (χ0v) is 13.3. The molecule has 0 aromatic rings. The van der Waals surface area contributed by atoms with Crippen LogP contribution < -0.4 is 5.73 Å². The number of carbonyl (C=O) groups is 2. The molecule has 2 N–H and O–H groups in total. The van der Waals surface area contributed by atoms with E-state index in [1.165, 1.54) is 7.11 Å². The van der Waals surface area contributed by atoms with Crippen LogP contribution in [0.3, 0.4) is 0 Å². The molecular weight excluding hydrogens is 282 g/mol. The van der Waals surface area contributed by atoms with Gasteiger partial charge in [0.25, 0.3) is 0 Å². The molecule has 0 aromatic heterocycles. The van der Waals surface area contributed by atoms with Gasteiger partial charge < -0.3 is 20.3 Å². The standard InChI is InChI=1S/C13H25N3O3.ClH/c1-10(2)8-11(14)13(18)16-6-4-15(5-7-16)12(17)9-19-3;/h10-11H,4-9,14H2,1-3H3;1H/t11-;/m0./s1. The van der Waals surface area contributed by atoms with Crippen LogP contribution >= 0.6 is 12.4 Å². The van der Waals surface area contributed by atoms with Gasteiger partial charge in [0, 0.05) is 33.3 Å². The fourth-order valence-electron chi connectivity index (χ4n) is 2.23. The van der Waals surface area contributed by atoms with E-state index in [4.69, 9.17) is 10.5 Å². The highest BCUT2D eigenvalue weighted by Crippen LogP contribution is 2.09. The maximum Gasteiger partial charge on any atom is 0.248 e. The molecule has 1 fully saturated rings. The molecule has 1 heterocycles. The lowest BCUT2D eigenvalue weighted by molar-refractivity contribution is -0.142. The number of carbonyl (C=O) groups excluding carboxylic acids is 2. The Morgan fingerprint density at radius 2 is 1.65 bits per heavy atom. The van der Waals surface area contributed by atoms with Crippen LogP contribution in [-0.2, 0) is 14.3 Å². The minimum atomic E-state index is -0.429. The fraction of sp³-hybridized carbons (Fsp3) is 0.846. The number of methoxy groups -OCH3 is 1. The van der Waals surface area contributed by atoms with Gasteiger partial charge in [0.1, 0.15) is 6.61 Å². The monoisotopic (exact) mass is 307 g/mol. The van der Waals surface area contributed by atoms with Crippen molar-refractivity contribution in [1.82, 2.24) is 9.80 Å². The third-order valence-corrected chi connectivity index (χ3v) is 3.25. The smallest absolute Gasteiger partial charge is 0.248 e. The molecule has 2 amide bonds. The van der Waals surface area contributed by atoms with Gasteiger partial charge in [0.2, 0.25) is 11.8 Å². The summed E-state index contributed by atoms with van der Waals surface area (Å²) in [5, 5.41) is 0. The summed E-state index contributed by atoms with van der Waals surface area (Å²) in [6.45, 7) is 6.43. The second-order valence-electron chi connectivity index (χ2n) is 5.38. The Bertz CT molecular complexity index is 318. The van der Waals surface area contributed by atoms with Crippen LogP contribution in [0.25, 0.3) is 0 Å². The van der Waals surface area contributed by atoms with Gasteiger partial charge in [-0.1, -0.05) is 13.8 Å². The lowest BCUT2D eigenvalue weighted by atomic mass is 10.0. The van der Waals surface area contributed by atoms with E-state index in [0.717, 1.165) is 0 Å². The van der Waals surface area contributed by atoms with Gasteiger partial charge in [-0.25, -0.2) is 0 Å². The largest absolute Gasteiger partial charge is 0.375 e. The molecule has 1 rings (SSSR count). The molecule has 1 aliphatic heterocycles. The molecule has 0 unspecified atom stereocenters. The molecule has 6 nitrogen and oxygen atoms in total. The van der Waals surface area contributed by atoms with Gasteiger partial charge in [-0.05, 0) is 12.3 Å². The molecule has 20 heavy (non-hydrogen) atoms. The highest BCUT2D eigenvalue weighted by molar-refractivity contribution is 5.85. The molecular formula is C13H26ClN3O3. The lowest BCUT2D eigenvalue weighted by Crippen LogP contribution is -2.55. The molecule has 7 heteroatoms. The molecule has 1 aliphatic rings. The first kappa shape index (κ1) is 19.1. The molecule has 0 aromatic carbocycles. The van der Waals surface area contributed by atoms with Crippen molar-refractivity contribution in [3.8, 4) is 0 Å². The summed E-state index contributed by atoms with van der Waals surface area (Å²) < 4.78 is 4.82. The number of piperazine rings is 1. The number of ether oxygens (including phenoxy) is 1. The Morgan fingerprint density at radius 3 is 2.10 bits per heavy atom. The number of nitrogens with two attached hydrogens (primary N) is 1. The van der Waals surface area contributed by atoms with Crippen molar-refractivity contribution in [1.29, 1.82) is 0 Å². The van der Waals surface area contributed by atoms with E-state index in [9.17, 15) is 9.59 Å². The minimum Gasteiger partial charge on any atom is -0.375 e. The summed E-state index contributed by atoms with van der Waals surface area (Å²) in [6.07, 6.45) is 0.696. The fourth-order valence-corrected chi connectivity index (χ4v) is 2.23. The van der Waals surface area contributed by atoms with Crippen molar-refractivity contribution in [3.05, 3.63) is 0 Å². The number of hydrogen-bond acceptors (Lipinski definition) is 4. The third-order valence-electron chi connectivity index (χ3n) is 3.25. The van der Waals surface area contributed by atoms with Crippen LogP contribution in [0.15, 0.2) is 0 Å². The van der Waals surface area contributed by atoms with Crippen LogP contribution in [0.5, 0.6) is 0 Å². The zero-order valence-electron chi connectivity index (χ0n) is 12.5. The van der Waals surface area contributed by atoms with Crippen molar-refractivity contribution in [2.24, 2.45) is 11.7 Å². The van der Waals surface area contributed by atoms with E-state index < -0.39 is 6.04 Å². The Morgan fingerprint density at radius 1 is 1.15 bits per heavy atom. The number of rotatable bonds is 5. The van der Waals surface area contributed by atoms with Crippen LogP contribution in [-0.4, -0.2) is 67.6 Å². The van der Waals surface area contributed by atoms with E-state index in [0.29, 0.717) is 38.5 Å². The molecule has 0 radical (unpaired) electrons. The molecule has 0 bridgehead atoms. The van der Waals surface area contributed by atoms with E-state index in [-0.39, 0.29) is 30.8 Å². The quantitative estimate of drug-likeness (QED) is 0.781. The normalized spacial score (nSPS) is 16.9. The first-order valence-corrected chi connectivity index (χ1v) is 6.76. The van der Waals surface area contributed by atoms with Gasteiger partial charge in [0.05, 0.1) is 6.04 Å². The van der Waals surface area contributed by atoms with Crippen molar-refractivity contribution >= 4 is 24.2 Å². The summed E-state index contributed by atoms with van der Waals surface area (Å²) in [5.74, 6) is 0.372. The molecule has 0 aliphatic carbocycles. The van der Waals surface area contributed by atoms with Crippen LogP contribution in [0.1, 0.15) is 20.3 Å². The maximum atomic E-state index is 12.1. The Labute approximate surface area is 127 Å². The second-order valence-corrected chi connectivity index (χ2v) is 5.38. The summed E-state index contributed by atoms with van der Waals surface area (Å²) in [7, 11) is 1.50. The maximum absolute atomic E-state index is 12.1. The van der Waals surface area contributed by atoms with Gasteiger partial charge in [-0.2, -0.15) is 0 Å². The lowest BCUT2D eigenvalue weighted by Gasteiger charge is -2.36. The summed E-state index contributed by atoms with van der Waals surface area (Å²) >= 11 is 0. The van der Waals surface area contributed by atoms with Crippen LogP contribution in [0.2, 0.25) is 0 Å². The Balaban J connectivity index is 0.00000361. The molecule has 0 saturated carbocycles. The molecule has 1 atom stereocenters. The van der Waals surface area contributed by atoms with E-state index >= 15 is 0 Å². The van der Waals surface area contributed by atoms with Crippen molar-refractivity contribution in [2.45, 2.75) is 26.3 Å².